The maximum absolute atomic E-state index is 12.8. The van der Waals surface area contributed by atoms with Crippen molar-refractivity contribution in [2.75, 3.05) is 6.61 Å². The monoisotopic (exact) mass is 385 g/mol. The van der Waals surface area contributed by atoms with Crippen LogP contribution in [0.2, 0.25) is 0 Å². The van der Waals surface area contributed by atoms with Gasteiger partial charge in [0.2, 0.25) is 0 Å². The molecule has 0 radical (unpaired) electrons. The molecule has 0 aliphatic heterocycles. The van der Waals surface area contributed by atoms with E-state index in [0.29, 0.717) is 29.1 Å². The molecule has 5 heteroatoms. The molecule has 0 bridgehead atoms. The highest BCUT2D eigenvalue weighted by Gasteiger charge is 2.38. The van der Waals surface area contributed by atoms with E-state index in [0.717, 1.165) is 11.8 Å². The van der Waals surface area contributed by atoms with E-state index in [9.17, 15) is 9.59 Å². The van der Waals surface area contributed by atoms with Crippen molar-refractivity contribution >= 4 is 12.3 Å². The van der Waals surface area contributed by atoms with Crippen LogP contribution in [0.3, 0.4) is 0 Å². The van der Waals surface area contributed by atoms with Gasteiger partial charge in [0.25, 0.3) is 0 Å². The SMILES string of the molecule is CCOC(=O)c1c(C=O)c(C(C)(C)C)n(OCc2ccccc2)c1C(C)(C)C. The molecule has 1 aromatic heterocycles. The fraction of sp³-hybridized carbons (Fsp3) is 0.478. The Kier molecular flexibility index (Phi) is 6.37. The van der Waals surface area contributed by atoms with Gasteiger partial charge in [-0.15, -0.1) is 0 Å². The molecular weight excluding hydrogens is 354 g/mol. The Morgan fingerprint density at radius 3 is 2.04 bits per heavy atom. The number of aromatic nitrogens is 1. The summed E-state index contributed by atoms with van der Waals surface area (Å²) in [5, 5.41) is 0. The molecule has 2 rings (SSSR count). The zero-order valence-electron chi connectivity index (χ0n) is 18.0. The van der Waals surface area contributed by atoms with Gasteiger partial charge in [0.05, 0.1) is 29.1 Å². The lowest BCUT2D eigenvalue weighted by Gasteiger charge is -2.27. The zero-order valence-corrected chi connectivity index (χ0v) is 18.0. The summed E-state index contributed by atoms with van der Waals surface area (Å²) in [6.07, 6.45) is 0.741. The summed E-state index contributed by atoms with van der Waals surface area (Å²) >= 11 is 0. The van der Waals surface area contributed by atoms with Crippen molar-refractivity contribution in [1.29, 1.82) is 0 Å². The Labute approximate surface area is 167 Å². The molecule has 0 spiro atoms. The number of aldehydes is 1. The van der Waals surface area contributed by atoms with Crippen molar-refractivity contribution in [1.82, 2.24) is 4.73 Å². The van der Waals surface area contributed by atoms with Gasteiger partial charge in [-0.05, 0) is 12.5 Å². The molecule has 0 saturated carbocycles. The molecule has 0 N–H and O–H groups in total. The minimum absolute atomic E-state index is 0.238. The Bertz CT molecular complexity index is 836. The maximum atomic E-state index is 12.8. The Morgan fingerprint density at radius 1 is 1.00 bits per heavy atom. The van der Waals surface area contributed by atoms with Gasteiger partial charge >= 0.3 is 5.97 Å². The quantitative estimate of drug-likeness (QED) is 0.534. The van der Waals surface area contributed by atoms with Crippen molar-refractivity contribution in [2.24, 2.45) is 0 Å². The van der Waals surface area contributed by atoms with Gasteiger partial charge in [0.1, 0.15) is 6.61 Å². The highest BCUT2D eigenvalue weighted by Crippen LogP contribution is 2.37. The van der Waals surface area contributed by atoms with Crippen molar-refractivity contribution in [2.45, 2.75) is 65.9 Å². The minimum Gasteiger partial charge on any atom is -0.462 e. The lowest BCUT2D eigenvalue weighted by Crippen LogP contribution is -2.29. The van der Waals surface area contributed by atoms with Crippen LogP contribution >= 0.6 is 0 Å². The molecule has 0 atom stereocenters. The van der Waals surface area contributed by atoms with Crippen LogP contribution in [-0.2, 0) is 22.2 Å². The number of ether oxygens (including phenoxy) is 1. The standard InChI is InChI=1S/C23H31NO4/c1-8-27-21(26)18-17(14-25)19(22(2,3)4)24(20(18)23(5,6)7)28-15-16-12-10-9-11-13-16/h9-14H,8,15H2,1-7H3. The van der Waals surface area contributed by atoms with Gasteiger partial charge < -0.3 is 9.57 Å². The molecule has 0 saturated heterocycles. The van der Waals surface area contributed by atoms with Crippen LogP contribution in [-0.4, -0.2) is 23.6 Å². The second kappa shape index (κ2) is 8.21. The predicted molar refractivity (Wildman–Crippen MR) is 110 cm³/mol. The highest BCUT2D eigenvalue weighted by molar-refractivity contribution is 6.01. The van der Waals surface area contributed by atoms with E-state index in [-0.39, 0.29) is 6.61 Å². The van der Waals surface area contributed by atoms with E-state index in [2.05, 4.69) is 0 Å². The second-order valence-electron chi connectivity index (χ2n) is 8.88. The number of hydrogen-bond donors (Lipinski definition) is 0. The summed E-state index contributed by atoms with van der Waals surface area (Å²) in [6.45, 7) is 14.3. The second-order valence-corrected chi connectivity index (χ2v) is 8.88. The Morgan fingerprint density at radius 2 is 1.57 bits per heavy atom. The van der Waals surface area contributed by atoms with E-state index in [1.807, 2.05) is 71.9 Å². The van der Waals surface area contributed by atoms with Crippen LogP contribution < -0.4 is 4.84 Å². The number of carbonyl (C=O) groups is 2. The number of hydrogen-bond acceptors (Lipinski definition) is 4. The number of rotatable bonds is 6. The molecule has 2 aromatic rings. The van der Waals surface area contributed by atoms with Crippen molar-refractivity contribution in [3.05, 3.63) is 58.4 Å². The molecule has 152 valence electrons. The van der Waals surface area contributed by atoms with Crippen LogP contribution in [0.1, 0.15) is 86.1 Å². The van der Waals surface area contributed by atoms with Gasteiger partial charge in [-0.2, -0.15) is 4.73 Å². The fourth-order valence-electron chi connectivity index (χ4n) is 3.32. The first-order chi connectivity index (χ1) is 13.0. The molecule has 0 amide bonds. The van der Waals surface area contributed by atoms with Crippen LogP contribution in [0.4, 0.5) is 0 Å². The lowest BCUT2D eigenvalue weighted by molar-refractivity contribution is 0.0506. The number of nitrogens with zero attached hydrogens (tertiary/aromatic N) is 1. The summed E-state index contributed by atoms with van der Waals surface area (Å²) in [4.78, 5) is 31.1. The fourth-order valence-corrected chi connectivity index (χ4v) is 3.32. The van der Waals surface area contributed by atoms with E-state index in [1.165, 1.54) is 0 Å². The molecule has 1 heterocycles. The molecule has 0 fully saturated rings. The number of benzene rings is 1. The first-order valence-corrected chi connectivity index (χ1v) is 9.61. The molecule has 0 aliphatic carbocycles. The lowest BCUT2D eigenvalue weighted by atomic mass is 9.87. The topological polar surface area (TPSA) is 57.5 Å². The summed E-state index contributed by atoms with van der Waals surface area (Å²) in [6, 6.07) is 9.80. The smallest absolute Gasteiger partial charge is 0.340 e. The van der Waals surface area contributed by atoms with Gasteiger partial charge in [-0.1, -0.05) is 71.9 Å². The van der Waals surface area contributed by atoms with Crippen LogP contribution in [0.5, 0.6) is 0 Å². The third-order valence-electron chi connectivity index (χ3n) is 4.39. The summed E-state index contributed by atoms with van der Waals surface area (Å²) < 4.78 is 6.97. The normalized spacial score (nSPS) is 12.0. The van der Waals surface area contributed by atoms with Crippen molar-refractivity contribution in [3.63, 3.8) is 0 Å². The van der Waals surface area contributed by atoms with Gasteiger partial charge in [-0.3, -0.25) is 4.79 Å². The van der Waals surface area contributed by atoms with Gasteiger partial charge in [0.15, 0.2) is 6.29 Å². The summed E-state index contributed by atoms with van der Waals surface area (Å²) in [5.74, 6) is -0.498. The summed E-state index contributed by atoms with van der Waals surface area (Å²) in [7, 11) is 0. The molecule has 5 nitrogen and oxygen atoms in total. The molecular formula is C23H31NO4. The highest BCUT2D eigenvalue weighted by atomic mass is 16.7. The Hall–Kier alpha value is -2.56. The molecule has 1 aromatic carbocycles. The largest absolute Gasteiger partial charge is 0.462 e. The zero-order chi connectivity index (χ0) is 21.1. The van der Waals surface area contributed by atoms with Crippen molar-refractivity contribution in [3.8, 4) is 0 Å². The first-order valence-electron chi connectivity index (χ1n) is 9.61. The van der Waals surface area contributed by atoms with Crippen molar-refractivity contribution < 1.29 is 19.2 Å². The van der Waals surface area contributed by atoms with E-state index in [1.54, 1.807) is 11.7 Å². The third kappa shape index (κ3) is 4.46. The first kappa shape index (κ1) is 21.7. The minimum atomic E-state index is -0.498. The van der Waals surface area contributed by atoms with E-state index < -0.39 is 16.8 Å². The van der Waals surface area contributed by atoms with E-state index >= 15 is 0 Å². The van der Waals surface area contributed by atoms with Gasteiger partial charge in [-0.25, -0.2) is 4.79 Å². The molecule has 28 heavy (non-hydrogen) atoms. The number of esters is 1. The number of carbonyl (C=O) groups excluding carboxylic acids is 2. The van der Waals surface area contributed by atoms with Crippen LogP contribution in [0.15, 0.2) is 30.3 Å². The van der Waals surface area contributed by atoms with E-state index in [4.69, 9.17) is 9.57 Å². The average Bonchev–Trinajstić information content (AvgIpc) is 2.96. The third-order valence-corrected chi connectivity index (χ3v) is 4.39. The van der Waals surface area contributed by atoms with Crippen LogP contribution in [0.25, 0.3) is 0 Å². The van der Waals surface area contributed by atoms with Crippen LogP contribution in [0, 0.1) is 0 Å². The molecule has 0 unspecified atom stereocenters. The summed E-state index contributed by atoms with van der Waals surface area (Å²) in [5.41, 5.74) is 2.09. The maximum Gasteiger partial charge on any atom is 0.340 e. The average molecular weight is 386 g/mol. The van der Waals surface area contributed by atoms with Gasteiger partial charge in [0, 0.05) is 10.8 Å². The predicted octanol–water partition coefficient (Wildman–Crippen LogP) is 4.70. The Balaban J connectivity index is 2.75. The molecule has 0 aliphatic rings.